The van der Waals surface area contributed by atoms with Gasteiger partial charge in [0.2, 0.25) is 0 Å². The van der Waals surface area contributed by atoms with Crippen LogP contribution in [0.25, 0.3) is 0 Å². The molecule has 0 atom stereocenters. The molecule has 0 amide bonds. The Morgan fingerprint density at radius 3 is 0.867 bits per heavy atom. The van der Waals surface area contributed by atoms with E-state index in [4.69, 9.17) is 0 Å². The van der Waals surface area contributed by atoms with Gasteiger partial charge in [-0.25, -0.2) is 0 Å². The second kappa shape index (κ2) is 33.4. The first kappa shape index (κ1) is 37.1. The quantitative estimate of drug-likeness (QED) is 0.212. The predicted octanol–water partition coefficient (Wildman–Crippen LogP) is 5.19. The molecule has 0 fully saturated rings. The zero-order valence-corrected chi connectivity index (χ0v) is 22.1. The Bertz CT molecular complexity index is 306. The van der Waals surface area contributed by atoms with Crippen LogP contribution in [0.3, 0.4) is 0 Å². The summed E-state index contributed by atoms with van der Waals surface area (Å²) < 4.78 is 0. The van der Waals surface area contributed by atoms with Crippen molar-refractivity contribution in [2.75, 3.05) is 0 Å². The minimum Gasteiger partial charge on any atom is -2.00 e. The van der Waals surface area contributed by atoms with E-state index in [2.05, 4.69) is 13.8 Å². The number of rotatable bonds is 20. The first-order valence-corrected chi connectivity index (χ1v) is 11.9. The Morgan fingerprint density at radius 1 is 0.467 bits per heavy atom. The smallest absolute Gasteiger partial charge is 2.00 e. The van der Waals surface area contributed by atoms with E-state index in [0.717, 1.165) is 25.7 Å². The van der Waals surface area contributed by atoms with E-state index in [1.807, 2.05) is 0 Å². The molecule has 0 aliphatic rings. The number of hydrogen-bond donors (Lipinski definition) is 0. The van der Waals surface area contributed by atoms with Gasteiger partial charge in [0.15, 0.2) is 0 Å². The average molecular weight is 506 g/mol. The minimum atomic E-state index is -0.909. The molecule has 0 saturated carbocycles. The molecule has 30 heavy (non-hydrogen) atoms. The van der Waals surface area contributed by atoms with Crippen molar-refractivity contribution >= 4 is 11.9 Å². The Kier molecular flexibility index (Phi) is 41.4. The predicted molar refractivity (Wildman–Crippen MR) is 114 cm³/mol. The third-order valence-corrected chi connectivity index (χ3v) is 4.97. The summed E-state index contributed by atoms with van der Waals surface area (Å²) in [5.74, 6) is -1.82. The van der Waals surface area contributed by atoms with Crippen LogP contribution in [0.15, 0.2) is 0 Å². The molecule has 0 bridgehead atoms. The maximum Gasteiger partial charge on any atom is 4.00 e. The second-order valence-corrected chi connectivity index (χ2v) is 7.90. The van der Waals surface area contributed by atoms with E-state index in [-0.39, 0.29) is 44.5 Å². The van der Waals surface area contributed by atoms with Crippen LogP contribution in [0.4, 0.5) is 0 Å². The van der Waals surface area contributed by atoms with Crippen molar-refractivity contribution in [3.63, 3.8) is 0 Å². The molecule has 0 N–H and O–H groups in total. The molecule has 0 saturated heterocycles. The molecular weight excluding hydrogens is 459 g/mol. The summed E-state index contributed by atoms with van der Waals surface area (Å²) in [6.07, 6.45) is 22.3. The maximum absolute atomic E-state index is 10.1. The molecule has 0 aromatic heterocycles. The van der Waals surface area contributed by atoms with Gasteiger partial charge in [0.05, 0.1) is 0 Å². The van der Waals surface area contributed by atoms with Gasteiger partial charge in [-0.2, -0.15) is 0 Å². The van der Waals surface area contributed by atoms with Crippen molar-refractivity contribution in [1.29, 1.82) is 0 Å². The van der Waals surface area contributed by atoms with Crippen LogP contribution < -0.4 is 10.2 Å². The van der Waals surface area contributed by atoms with Gasteiger partial charge in [0.25, 0.3) is 0 Å². The van der Waals surface area contributed by atoms with E-state index < -0.39 is 11.9 Å². The summed E-state index contributed by atoms with van der Waals surface area (Å²) in [7, 11) is 0. The number of aliphatic carboxylic acids is 2. The number of carboxylic acids is 2. The van der Waals surface area contributed by atoms with Crippen LogP contribution in [-0.2, 0) is 41.3 Å². The molecule has 0 unspecified atom stereocenters. The molecule has 0 spiro atoms. The van der Waals surface area contributed by atoms with Gasteiger partial charge >= 0.3 is 26.2 Å². The van der Waals surface area contributed by atoms with Gasteiger partial charge in [-0.3, -0.25) is 0 Å². The van der Waals surface area contributed by atoms with Crippen molar-refractivity contribution in [1.82, 2.24) is 0 Å². The largest absolute Gasteiger partial charge is 4.00 e. The molecule has 6 heteroatoms. The topological polar surface area (TPSA) is 109 Å². The van der Waals surface area contributed by atoms with Crippen LogP contribution in [0.1, 0.15) is 142 Å². The Morgan fingerprint density at radius 2 is 0.667 bits per heavy atom. The molecule has 0 radical (unpaired) electrons. The Hall–Kier alpha value is -0.217. The van der Waals surface area contributed by atoms with Crippen LogP contribution in [0.5, 0.6) is 0 Å². The first-order valence-electron chi connectivity index (χ1n) is 11.9. The van der Waals surface area contributed by atoms with Gasteiger partial charge in [-0.05, 0) is 25.7 Å². The molecule has 0 aliphatic heterocycles. The molecule has 176 valence electrons. The number of carbonyl (C=O) groups excluding carboxylic acids is 2. The van der Waals surface area contributed by atoms with Crippen molar-refractivity contribution in [3.05, 3.63) is 0 Å². The summed E-state index contributed by atoms with van der Waals surface area (Å²) >= 11 is 0. The van der Waals surface area contributed by atoms with E-state index >= 15 is 0 Å². The number of carbonyl (C=O) groups is 2. The summed E-state index contributed by atoms with van der Waals surface area (Å²) in [5.41, 5.74) is 0. The summed E-state index contributed by atoms with van der Waals surface area (Å²) in [6.45, 7) is 4.44. The second-order valence-electron chi connectivity index (χ2n) is 7.90. The summed E-state index contributed by atoms with van der Waals surface area (Å²) in [5, 5.41) is 20.2. The zero-order valence-electron chi connectivity index (χ0n) is 19.7. The van der Waals surface area contributed by atoms with Crippen molar-refractivity contribution in [2.24, 2.45) is 0 Å². The monoisotopic (exact) mass is 504 g/mol. The fraction of sp³-hybridized carbons (Fsp3) is 0.917. The van der Waals surface area contributed by atoms with Gasteiger partial charge in [0, 0.05) is 11.9 Å². The normalized spacial score (nSPS) is 9.67. The maximum atomic E-state index is 10.1. The zero-order chi connectivity index (χ0) is 21.3. The molecule has 0 aliphatic carbocycles. The fourth-order valence-electron chi connectivity index (χ4n) is 3.16. The Balaban J connectivity index is -0.000000211. The number of carboxylic acid groups (broad SMARTS) is 2. The van der Waals surface area contributed by atoms with Crippen LogP contribution in [-0.4, -0.2) is 11.9 Å². The van der Waals surface area contributed by atoms with Gasteiger partial charge in [-0.1, -0.05) is 117 Å². The van der Waals surface area contributed by atoms with Crippen molar-refractivity contribution < 1.29 is 51.5 Å². The Labute approximate surface area is 205 Å². The third kappa shape index (κ3) is 42.0. The molecule has 0 aromatic carbocycles. The number of hydrogen-bond acceptors (Lipinski definition) is 4. The van der Waals surface area contributed by atoms with Crippen molar-refractivity contribution in [3.8, 4) is 0 Å². The van der Waals surface area contributed by atoms with Crippen LogP contribution >= 0.6 is 0 Å². The molecule has 0 rings (SSSR count). The third-order valence-electron chi connectivity index (χ3n) is 4.97. The van der Waals surface area contributed by atoms with E-state index in [9.17, 15) is 19.8 Å². The van der Waals surface area contributed by atoms with E-state index in [1.54, 1.807) is 0 Å². The molecular formula is C24H46O5Zr. The van der Waals surface area contributed by atoms with E-state index in [1.165, 1.54) is 89.9 Å². The molecule has 0 aromatic rings. The van der Waals surface area contributed by atoms with Gasteiger partial charge in [-0.15, -0.1) is 0 Å². The standard InChI is InChI=1S/2C12H24O2.O.Zr/c2*1-2-3-4-5-6-7-8-9-10-11-12(13)14;;/h2*2-11H2,1H3,(H,13,14);;/q;;-2;+4/p-2. The number of unbranched alkanes of at least 4 members (excludes halogenated alkanes) is 16. The minimum absolute atomic E-state index is 0. The molecule has 0 heterocycles. The summed E-state index contributed by atoms with van der Waals surface area (Å²) in [4.78, 5) is 20.2. The molecule has 5 nitrogen and oxygen atoms in total. The van der Waals surface area contributed by atoms with Gasteiger partial charge in [0.1, 0.15) is 0 Å². The fourth-order valence-corrected chi connectivity index (χ4v) is 3.16. The summed E-state index contributed by atoms with van der Waals surface area (Å²) in [6, 6.07) is 0. The first-order chi connectivity index (χ1) is 13.5. The van der Waals surface area contributed by atoms with Crippen LogP contribution in [0, 0.1) is 0 Å². The SMILES string of the molecule is CCCCCCCCCCCC(=O)[O-].CCCCCCCCCCCC(=O)[O-].[O-2].[Zr+4]. The van der Waals surface area contributed by atoms with E-state index in [0.29, 0.717) is 0 Å². The van der Waals surface area contributed by atoms with Crippen molar-refractivity contribution in [2.45, 2.75) is 142 Å². The van der Waals surface area contributed by atoms with Gasteiger partial charge < -0.3 is 25.3 Å². The van der Waals surface area contributed by atoms with Crippen LogP contribution in [0.2, 0.25) is 0 Å². The average Bonchev–Trinajstić information content (AvgIpc) is 2.65.